The lowest BCUT2D eigenvalue weighted by molar-refractivity contribution is -0.139. The van der Waals surface area contributed by atoms with Crippen LogP contribution in [-0.4, -0.2) is 87.4 Å². The number of carbonyl (C=O) groups excluding carboxylic acids is 1. The molecule has 7 atom stereocenters. The van der Waals surface area contributed by atoms with Gasteiger partial charge in [0, 0.05) is 6.54 Å². The number of amidine groups is 2. The van der Waals surface area contributed by atoms with Crippen molar-refractivity contribution in [2.24, 2.45) is 20.7 Å². The number of amides is 1. The number of fused-ring (bicyclic) bond motifs is 1. The summed E-state index contributed by atoms with van der Waals surface area (Å²) >= 11 is 0. The molecular formula is C22H26N6O5. The summed E-state index contributed by atoms with van der Waals surface area (Å²) in [5.74, 6) is 5.16. The molecule has 3 aliphatic rings. The highest BCUT2D eigenvalue weighted by Gasteiger charge is 2.52. The molecule has 1 aromatic carbocycles. The first-order valence-corrected chi connectivity index (χ1v) is 10.7. The molecule has 3 unspecified atom stereocenters. The van der Waals surface area contributed by atoms with Gasteiger partial charge in [-0.25, -0.2) is 9.98 Å². The van der Waals surface area contributed by atoms with Gasteiger partial charge in [0.15, 0.2) is 18.5 Å². The second-order valence-electron chi connectivity index (χ2n) is 7.86. The first kappa shape index (κ1) is 22.9. The highest BCUT2D eigenvalue weighted by atomic mass is 16.6. The monoisotopic (exact) mass is 454 g/mol. The van der Waals surface area contributed by atoms with Crippen molar-refractivity contribution >= 4 is 23.9 Å². The van der Waals surface area contributed by atoms with Crippen LogP contribution in [0.1, 0.15) is 25.0 Å². The summed E-state index contributed by atoms with van der Waals surface area (Å²) in [6, 6.07) is 8.30. The maximum atomic E-state index is 12.3. The Morgan fingerprint density at radius 2 is 2.06 bits per heavy atom. The van der Waals surface area contributed by atoms with Crippen molar-refractivity contribution in [3.63, 3.8) is 0 Å². The molecule has 3 heterocycles. The Morgan fingerprint density at radius 1 is 1.30 bits per heavy atom. The summed E-state index contributed by atoms with van der Waals surface area (Å²) in [5.41, 5.74) is 6.69. The quantitative estimate of drug-likeness (QED) is 0.338. The van der Waals surface area contributed by atoms with Crippen LogP contribution in [-0.2, 0) is 9.53 Å². The van der Waals surface area contributed by atoms with E-state index in [1.807, 2.05) is 13.0 Å². The second-order valence-corrected chi connectivity index (χ2v) is 7.86. The minimum Gasteiger partial charge on any atom is -0.387 e. The average Bonchev–Trinajstić information content (AvgIpc) is 3.37. The lowest BCUT2D eigenvalue weighted by Crippen LogP contribution is -2.52. The van der Waals surface area contributed by atoms with Crippen LogP contribution in [0.2, 0.25) is 0 Å². The topological polar surface area (TPSA) is 165 Å². The van der Waals surface area contributed by atoms with Crippen molar-refractivity contribution in [1.82, 2.24) is 10.2 Å². The van der Waals surface area contributed by atoms with E-state index in [1.165, 1.54) is 11.2 Å². The maximum absolute atomic E-state index is 12.3. The summed E-state index contributed by atoms with van der Waals surface area (Å²) in [6.45, 7) is 2.33. The standard InChI is InChI=1S/C22H26N6O5/c1-2-10-24-21(32)18-16(30)17(31)22(33-18)28-11-25-15-19(23)26-14(27-20(15)28)9-8-13(29)12-6-4-3-5-7-12/h3-7,11,13,15-18,20,22,29-31H,2,10H2,1H3,(H,24,32)(H2,23,26,27)/t13?,15?,16-,17+,18-,20?,22+/m0/s1. The number of aliphatic imine (C=N–C) groups is 3. The number of nitrogens with two attached hydrogens (primary N) is 1. The molecule has 1 fully saturated rings. The fraction of sp³-hybridized carbons (Fsp3) is 0.455. The predicted molar refractivity (Wildman–Crippen MR) is 120 cm³/mol. The number of nitrogens with zero attached hydrogens (tertiary/aromatic N) is 4. The number of aliphatic hydroxyl groups excluding tert-OH is 3. The molecule has 11 nitrogen and oxygen atoms in total. The van der Waals surface area contributed by atoms with Gasteiger partial charge in [-0.05, 0) is 17.9 Å². The summed E-state index contributed by atoms with van der Waals surface area (Å²) in [4.78, 5) is 26.7. The van der Waals surface area contributed by atoms with Crippen LogP contribution in [0.25, 0.3) is 0 Å². The fourth-order valence-electron chi connectivity index (χ4n) is 3.77. The normalized spacial score (nSPS) is 31.2. The number of benzene rings is 1. The molecule has 0 aromatic heterocycles. The van der Waals surface area contributed by atoms with Crippen LogP contribution < -0.4 is 11.1 Å². The fourth-order valence-corrected chi connectivity index (χ4v) is 3.77. The molecule has 3 aliphatic heterocycles. The van der Waals surface area contributed by atoms with E-state index in [1.54, 1.807) is 24.3 Å². The van der Waals surface area contributed by atoms with E-state index in [0.717, 1.165) is 6.42 Å². The van der Waals surface area contributed by atoms with Gasteiger partial charge in [0.2, 0.25) is 5.84 Å². The van der Waals surface area contributed by atoms with Crippen molar-refractivity contribution in [2.75, 3.05) is 6.54 Å². The van der Waals surface area contributed by atoms with Gasteiger partial charge in [-0.1, -0.05) is 43.2 Å². The molecular weight excluding hydrogens is 428 g/mol. The molecule has 174 valence electrons. The Bertz CT molecular complexity index is 1030. The number of nitrogens with one attached hydrogen (secondary N) is 1. The Kier molecular flexibility index (Phi) is 6.71. The number of aliphatic hydroxyl groups is 3. The molecule has 4 rings (SSSR count). The van der Waals surface area contributed by atoms with Crippen molar-refractivity contribution in [3.05, 3.63) is 35.9 Å². The third-order valence-electron chi connectivity index (χ3n) is 5.52. The summed E-state index contributed by atoms with van der Waals surface area (Å²) in [5, 5.41) is 33.9. The molecule has 11 heteroatoms. The van der Waals surface area contributed by atoms with Gasteiger partial charge < -0.3 is 36.0 Å². The zero-order valence-electron chi connectivity index (χ0n) is 17.9. The zero-order chi connectivity index (χ0) is 23.5. The largest absolute Gasteiger partial charge is 0.387 e. The predicted octanol–water partition coefficient (Wildman–Crippen LogP) is -1.50. The van der Waals surface area contributed by atoms with Crippen LogP contribution in [0.5, 0.6) is 0 Å². The van der Waals surface area contributed by atoms with Crippen molar-refractivity contribution < 1.29 is 24.9 Å². The van der Waals surface area contributed by atoms with Crippen LogP contribution in [0.15, 0.2) is 45.3 Å². The minimum absolute atomic E-state index is 0.0875. The molecule has 0 saturated carbocycles. The molecule has 33 heavy (non-hydrogen) atoms. The number of hydrogen-bond donors (Lipinski definition) is 5. The summed E-state index contributed by atoms with van der Waals surface area (Å²) < 4.78 is 5.70. The minimum atomic E-state index is -1.42. The average molecular weight is 454 g/mol. The van der Waals surface area contributed by atoms with Crippen molar-refractivity contribution in [1.29, 1.82) is 0 Å². The van der Waals surface area contributed by atoms with Crippen molar-refractivity contribution in [3.8, 4) is 11.8 Å². The number of ether oxygens (including phenoxy) is 1. The molecule has 1 aromatic rings. The smallest absolute Gasteiger partial charge is 0.252 e. The molecule has 0 bridgehead atoms. The maximum Gasteiger partial charge on any atom is 0.252 e. The number of carbonyl (C=O) groups is 1. The first-order valence-electron chi connectivity index (χ1n) is 10.7. The first-order chi connectivity index (χ1) is 15.9. The molecule has 1 amide bonds. The van der Waals surface area contributed by atoms with Gasteiger partial charge in [0.05, 0.1) is 6.34 Å². The second kappa shape index (κ2) is 9.68. The van der Waals surface area contributed by atoms with E-state index in [0.29, 0.717) is 12.1 Å². The number of rotatable bonds is 5. The van der Waals surface area contributed by atoms with Gasteiger partial charge in [0.1, 0.15) is 30.2 Å². The van der Waals surface area contributed by atoms with E-state index < -0.39 is 48.8 Å². The lowest BCUT2D eigenvalue weighted by Gasteiger charge is -2.32. The Balaban J connectivity index is 1.51. The molecule has 0 radical (unpaired) electrons. The van der Waals surface area contributed by atoms with Crippen LogP contribution in [0.3, 0.4) is 0 Å². The van der Waals surface area contributed by atoms with Crippen LogP contribution in [0.4, 0.5) is 0 Å². The Labute approximate surface area is 190 Å². The lowest BCUT2D eigenvalue weighted by atomic mass is 10.1. The third kappa shape index (κ3) is 4.60. The Morgan fingerprint density at radius 3 is 2.79 bits per heavy atom. The highest BCUT2D eigenvalue weighted by Crippen LogP contribution is 2.30. The van der Waals surface area contributed by atoms with Crippen LogP contribution >= 0.6 is 0 Å². The van der Waals surface area contributed by atoms with E-state index in [-0.39, 0.29) is 11.7 Å². The summed E-state index contributed by atoms with van der Waals surface area (Å²) in [6.07, 6.45) is -4.74. The molecule has 0 aliphatic carbocycles. The van der Waals surface area contributed by atoms with Gasteiger partial charge in [0.25, 0.3) is 5.91 Å². The van der Waals surface area contributed by atoms with Crippen molar-refractivity contribution in [2.45, 2.75) is 56.2 Å². The summed E-state index contributed by atoms with van der Waals surface area (Å²) in [7, 11) is 0. The van der Waals surface area contributed by atoms with E-state index in [4.69, 9.17) is 10.5 Å². The van der Waals surface area contributed by atoms with Gasteiger partial charge in [-0.2, -0.15) is 0 Å². The molecule has 6 N–H and O–H groups in total. The van der Waals surface area contributed by atoms with E-state index in [9.17, 15) is 20.1 Å². The third-order valence-corrected chi connectivity index (χ3v) is 5.52. The SMILES string of the molecule is CCCNC(=O)[C@H]1O[C@@H](N2C=NC3C(N)=NC(C#CC(O)c4ccccc4)=NC32)[C@H](O)[C@@H]1O. The van der Waals surface area contributed by atoms with Crippen LogP contribution in [0, 0.1) is 11.8 Å². The van der Waals surface area contributed by atoms with E-state index in [2.05, 4.69) is 32.1 Å². The molecule has 0 spiro atoms. The van der Waals surface area contributed by atoms with E-state index >= 15 is 0 Å². The number of hydrogen-bond acceptors (Lipinski definition) is 10. The Hall–Kier alpha value is -3.30. The van der Waals surface area contributed by atoms with Gasteiger partial charge in [-0.15, -0.1) is 0 Å². The highest BCUT2D eigenvalue weighted by molar-refractivity contribution is 6.10. The van der Waals surface area contributed by atoms with Gasteiger partial charge in [-0.3, -0.25) is 9.79 Å². The van der Waals surface area contributed by atoms with Gasteiger partial charge >= 0.3 is 0 Å². The zero-order valence-corrected chi connectivity index (χ0v) is 17.9. The molecule has 1 saturated heterocycles.